The summed E-state index contributed by atoms with van der Waals surface area (Å²) in [5.74, 6) is 0.676. The Labute approximate surface area is 185 Å². The summed E-state index contributed by atoms with van der Waals surface area (Å²) in [5, 5.41) is 7.60. The first kappa shape index (κ1) is 23.0. The summed E-state index contributed by atoms with van der Waals surface area (Å²) in [7, 11) is 0. The Balaban J connectivity index is 1.44. The fourth-order valence-corrected chi connectivity index (χ4v) is 3.99. The summed E-state index contributed by atoms with van der Waals surface area (Å²) in [6.45, 7) is 12.9. The van der Waals surface area contributed by atoms with Crippen LogP contribution in [0.3, 0.4) is 0 Å². The number of hydrogen-bond donors (Lipinski definition) is 1. The molecule has 7 heteroatoms. The van der Waals surface area contributed by atoms with Crippen molar-refractivity contribution in [2.75, 3.05) is 32.7 Å². The van der Waals surface area contributed by atoms with Crippen LogP contribution in [0.15, 0.2) is 30.3 Å². The predicted octanol–water partition coefficient (Wildman–Crippen LogP) is 2.16. The predicted molar refractivity (Wildman–Crippen MR) is 122 cm³/mol. The summed E-state index contributed by atoms with van der Waals surface area (Å²) in [6, 6.07) is 9.90. The molecule has 31 heavy (non-hydrogen) atoms. The van der Waals surface area contributed by atoms with E-state index in [1.165, 1.54) is 0 Å². The molecule has 1 aliphatic heterocycles. The van der Waals surface area contributed by atoms with Crippen molar-refractivity contribution in [3.05, 3.63) is 52.8 Å². The SMILES string of the molecule is Cc1nn(CC(C)C)c(C)c1CC(=O)N1CCN(CC(=O)NCc2ccccc2)CC1. The van der Waals surface area contributed by atoms with E-state index in [2.05, 4.69) is 36.1 Å². The summed E-state index contributed by atoms with van der Waals surface area (Å²) >= 11 is 0. The van der Waals surface area contributed by atoms with Gasteiger partial charge in [-0.2, -0.15) is 5.10 Å². The molecule has 168 valence electrons. The number of piperazine rings is 1. The molecule has 0 bridgehead atoms. The van der Waals surface area contributed by atoms with Crippen molar-refractivity contribution in [3.63, 3.8) is 0 Å². The molecule has 1 fully saturated rings. The number of rotatable bonds is 8. The minimum Gasteiger partial charge on any atom is -0.351 e. The van der Waals surface area contributed by atoms with Gasteiger partial charge in [-0.05, 0) is 25.3 Å². The zero-order valence-electron chi connectivity index (χ0n) is 19.2. The van der Waals surface area contributed by atoms with E-state index in [-0.39, 0.29) is 11.8 Å². The molecule has 0 atom stereocenters. The highest BCUT2D eigenvalue weighted by molar-refractivity contribution is 5.80. The van der Waals surface area contributed by atoms with Crippen molar-refractivity contribution in [3.8, 4) is 0 Å². The number of aromatic nitrogens is 2. The largest absolute Gasteiger partial charge is 0.351 e. The maximum Gasteiger partial charge on any atom is 0.234 e. The van der Waals surface area contributed by atoms with Crippen molar-refractivity contribution in [1.29, 1.82) is 0 Å². The van der Waals surface area contributed by atoms with E-state index >= 15 is 0 Å². The van der Waals surface area contributed by atoms with Crippen LogP contribution in [0.2, 0.25) is 0 Å². The number of hydrogen-bond acceptors (Lipinski definition) is 4. The highest BCUT2D eigenvalue weighted by Gasteiger charge is 2.24. The second kappa shape index (κ2) is 10.6. The van der Waals surface area contributed by atoms with E-state index in [0.717, 1.165) is 42.1 Å². The quantitative estimate of drug-likeness (QED) is 0.704. The van der Waals surface area contributed by atoms with Gasteiger partial charge in [0.1, 0.15) is 0 Å². The summed E-state index contributed by atoms with van der Waals surface area (Å²) in [4.78, 5) is 29.2. The van der Waals surface area contributed by atoms with Crippen molar-refractivity contribution in [1.82, 2.24) is 24.9 Å². The fraction of sp³-hybridized carbons (Fsp3) is 0.542. The van der Waals surface area contributed by atoms with Gasteiger partial charge in [0.05, 0.1) is 18.7 Å². The maximum absolute atomic E-state index is 12.9. The maximum atomic E-state index is 12.9. The molecule has 1 aromatic carbocycles. The van der Waals surface area contributed by atoms with Gasteiger partial charge in [-0.15, -0.1) is 0 Å². The highest BCUT2D eigenvalue weighted by atomic mass is 16.2. The summed E-state index contributed by atoms with van der Waals surface area (Å²) < 4.78 is 2.02. The highest BCUT2D eigenvalue weighted by Crippen LogP contribution is 2.17. The van der Waals surface area contributed by atoms with Crippen LogP contribution in [0.1, 0.15) is 36.4 Å². The van der Waals surface area contributed by atoms with Gasteiger partial charge in [0.2, 0.25) is 11.8 Å². The van der Waals surface area contributed by atoms with Gasteiger partial charge in [-0.1, -0.05) is 44.2 Å². The Hall–Kier alpha value is -2.67. The average molecular weight is 426 g/mol. The van der Waals surface area contributed by atoms with Crippen LogP contribution in [0.4, 0.5) is 0 Å². The molecular weight excluding hydrogens is 390 g/mol. The van der Waals surface area contributed by atoms with E-state index in [1.54, 1.807) is 0 Å². The van der Waals surface area contributed by atoms with Crippen molar-refractivity contribution in [2.45, 2.75) is 47.2 Å². The lowest BCUT2D eigenvalue weighted by molar-refractivity contribution is -0.132. The van der Waals surface area contributed by atoms with Crippen LogP contribution in [0.25, 0.3) is 0 Å². The Morgan fingerprint density at radius 2 is 1.74 bits per heavy atom. The van der Waals surface area contributed by atoms with E-state index in [4.69, 9.17) is 0 Å². The standard InChI is InChI=1S/C24H35N5O2/c1-18(2)16-29-20(4)22(19(3)26-29)14-24(31)28-12-10-27(11-13-28)17-23(30)25-15-21-8-6-5-7-9-21/h5-9,18H,10-17H2,1-4H3,(H,25,30). The number of benzene rings is 1. The first-order valence-corrected chi connectivity index (χ1v) is 11.2. The van der Waals surface area contributed by atoms with Crippen molar-refractivity contribution in [2.24, 2.45) is 5.92 Å². The van der Waals surface area contributed by atoms with Crippen LogP contribution in [0, 0.1) is 19.8 Å². The second-order valence-corrected chi connectivity index (χ2v) is 8.82. The Kier molecular flexibility index (Phi) is 7.85. The Morgan fingerprint density at radius 3 is 2.39 bits per heavy atom. The molecule has 1 aliphatic rings. The number of carbonyl (C=O) groups excluding carboxylic acids is 2. The molecule has 0 saturated carbocycles. The van der Waals surface area contributed by atoms with Gasteiger partial charge >= 0.3 is 0 Å². The van der Waals surface area contributed by atoms with Crippen LogP contribution in [-0.2, 0) is 29.1 Å². The van der Waals surface area contributed by atoms with Crippen LogP contribution in [-0.4, -0.2) is 64.1 Å². The molecule has 2 heterocycles. The number of amides is 2. The van der Waals surface area contributed by atoms with Gasteiger partial charge in [0, 0.05) is 50.5 Å². The number of aryl methyl sites for hydroxylation is 1. The van der Waals surface area contributed by atoms with E-state index in [1.807, 2.05) is 46.8 Å². The Morgan fingerprint density at radius 1 is 1.06 bits per heavy atom. The lowest BCUT2D eigenvalue weighted by Crippen LogP contribution is -2.51. The zero-order valence-corrected chi connectivity index (χ0v) is 19.2. The third-order valence-corrected chi connectivity index (χ3v) is 5.82. The molecule has 0 unspecified atom stereocenters. The van der Waals surface area contributed by atoms with E-state index in [0.29, 0.717) is 38.5 Å². The van der Waals surface area contributed by atoms with Gasteiger partial charge in [0.15, 0.2) is 0 Å². The molecule has 7 nitrogen and oxygen atoms in total. The van der Waals surface area contributed by atoms with Crippen molar-refractivity contribution < 1.29 is 9.59 Å². The molecule has 3 rings (SSSR count). The number of nitrogens with zero attached hydrogens (tertiary/aromatic N) is 4. The van der Waals surface area contributed by atoms with Crippen LogP contribution >= 0.6 is 0 Å². The van der Waals surface area contributed by atoms with Gasteiger partial charge in [0.25, 0.3) is 0 Å². The molecule has 2 aromatic rings. The summed E-state index contributed by atoms with van der Waals surface area (Å²) in [5.41, 5.74) is 4.18. The minimum atomic E-state index is 0.0208. The molecule has 0 spiro atoms. The monoisotopic (exact) mass is 425 g/mol. The lowest BCUT2D eigenvalue weighted by atomic mass is 10.1. The molecule has 1 aromatic heterocycles. The van der Waals surface area contributed by atoms with Crippen LogP contribution in [0.5, 0.6) is 0 Å². The first-order chi connectivity index (χ1) is 14.8. The molecule has 0 radical (unpaired) electrons. The number of carbonyl (C=O) groups is 2. The van der Waals surface area contributed by atoms with Gasteiger partial charge in [-0.3, -0.25) is 19.2 Å². The normalized spacial score (nSPS) is 14.8. The smallest absolute Gasteiger partial charge is 0.234 e. The Bertz CT molecular complexity index is 883. The third-order valence-electron chi connectivity index (χ3n) is 5.82. The third kappa shape index (κ3) is 6.40. The minimum absolute atomic E-state index is 0.0208. The average Bonchev–Trinajstić information content (AvgIpc) is 3.00. The molecule has 0 aliphatic carbocycles. The van der Waals surface area contributed by atoms with Gasteiger partial charge in [-0.25, -0.2) is 0 Å². The fourth-order valence-electron chi connectivity index (χ4n) is 3.99. The van der Waals surface area contributed by atoms with Gasteiger partial charge < -0.3 is 10.2 Å². The van der Waals surface area contributed by atoms with Crippen molar-refractivity contribution >= 4 is 11.8 Å². The second-order valence-electron chi connectivity index (χ2n) is 8.82. The molecule has 1 saturated heterocycles. The first-order valence-electron chi connectivity index (χ1n) is 11.2. The van der Waals surface area contributed by atoms with E-state index < -0.39 is 0 Å². The van der Waals surface area contributed by atoms with E-state index in [9.17, 15) is 9.59 Å². The lowest BCUT2D eigenvalue weighted by Gasteiger charge is -2.34. The molecule has 1 N–H and O–H groups in total. The molecule has 2 amide bonds. The van der Waals surface area contributed by atoms with Crippen LogP contribution < -0.4 is 5.32 Å². The zero-order chi connectivity index (χ0) is 22.4. The number of nitrogens with one attached hydrogen (secondary N) is 1. The summed E-state index contributed by atoms with van der Waals surface area (Å²) in [6.07, 6.45) is 0.396. The topological polar surface area (TPSA) is 70.5 Å². The molecular formula is C24H35N5O2.